The Labute approximate surface area is 104 Å². The van der Waals surface area contributed by atoms with Crippen LogP contribution in [0.1, 0.15) is 12.8 Å². The molecule has 0 saturated carbocycles. The fraction of sp³-hybridized carbons (Fsp3) is 1.00. The molecule has 0 aromatic carbocycles. The molecule has 1 aliphatic rings. The van der Waals surface area contributed by atoms with Crippen molar-refractivity contribution in [2.75, 3.05) is 46.8 Å². The van der Waals surface area contributed by atoms with Crippen LogP contribution in [-0.2, 0) is 10.2 Å². The maximum Gasteiger partial charge on any atom is 0.279 e. The maximum absolute atomic E-state index is 12.0. The van der Waals surface area contributed by atoms with Gasteiger partial charge >= 0.3 is 0 Å². The SMILES string of the molecule is CN(C)CCNS(=O)(=O)N1CCCC(CN)C1. The van der Waals surface area contributed by atoms with Gasteiger partial charge in [0.15, 0.2) is 0 Å². The first-order chi connectivity index (χ1) is 7.95. The van der Waals surface area contributed by atoms with Gasteiger partial charge in [0.1, 0.15) is 0 Å². The smallest absolute Gasteiger partial charge is 0.279 e. The third-order valence-corrected chi connectivity index (χ3v) is 4.58. The molecule has 6 nitrogen and oxygen atoms in total. The number of nitrogens with one attached hydrogen (secondary N) is 1. The van der Waals surface area contributed by atoms with Crippen LogP contribution in [0.5, 0.6) is 0 Å². The van der Waals surface area contributed by atoms with Gasteiger partial charge in [0.2, 0.25) is 0 Å². The van der Waals surface area contributed by atoms with Gasteiger partial charge in [-0.3, -0.25) is 0 Å². The van der Waals surface area contributed by atoms with E-state index in [1.54, 1.807) is 0 Å². The highest BCUT2D eigenvalue weighted by Crippen LogP contribution is 2.17. The molecule has 0 aliphatic carbocycles. The molecule has 102 valence electrons. The molecule has 0 spiro atoms. The molecule has 0 aromatic heterocycles. The second-order valence-electron chi connectivity index (χ2n) is 4.80. The summed E-state index contributed by atoms with van der Waals surface area (Å²) in [5, 5.41) is 0. The van der Waals surface area contributed by atoms with E-state index in [1.165, 1.54) is 4.31 Å². The molecule has 1 atom stereocenters. The van der Waals surface area contributed by atoms with E-state index in [4.69, 9.17) is 5.73 Å². The Morgan fingerprint density at radius 1 is 1.47 bits per heavy atom. The third kappa shape index (κ3) is 4.89. The lowest BCUT2D eigenvalue weighted by molar-refractivity contribution is 0.268. The van der Waals surface area contributed by atoms with E-state index >= 15 is 0 Å². The second kappa shape index (κ2) is 6.65. The Morgan fingerprint density at radius 3 is 2.76 bits per heavy atom. The molecule has 1 heterocycles. The predicted molar refractivity (Wildman–Crippen MR) is 68.8 cm³/mol. The highest BCUT2D eigenvalue weighted by Gasteiger charge is 2.27. The second-order valence-corrected chi connectivity index (χ2v) is 6.56. The molecule has 7 heteroatoms. The van der Waals surface area contributed by atoms with Crippen molar-refractivity contribution in [3.8, 4) is 0 Å². The number of nitrogens with zero attached hydrogens (tertiary/aromatic N) is 2. The van der Waals surface area contributed by atoms with E-state index in [2.05, 4.69) is 4.72 Å². The molecule has 0 bridgehead atoms. The van der Waals surface area contributed by atoms with Crippen LogP contribution in [0.2, 0.25) is 0 Å². The number of hydrogen-bond acceptors (Lipinski definition) is 4. The Balaban J connectivity index is 2.46. The fourth-order valence-corrected chi connectivity index (χ4v) is 3.24. The van der Waals surface area contributed by atoms with Crippen molar-refractivity contribution >= 4 is 10.2 Å². The summed E-state index contributed by atoms with van der Waals surface area (Å²) in [6.07, 6.45) is 1.93. The quantitative estimate of drug-likeness (QED) is 0.648. The summed E-state index contributed by atoms with van der Waals surface area (Å²) in [5.41, 5.74) is 5.60. The number of likely N-dealkylation sites (N-methyl/N-ethyl adjacent to an activating group) is 1. The van der Waals surface area contributed by atoms with E-state index in [-0.39, 0.29) is 0 Å². The van der Waals surface area contributed by atoms with E-state index < -0.39 is 10.2 Å². The Hall–Kier alpha value is -0.210. The van der Waals surface area contributed by atoms with Crippen molar-refractivity contribution in [2.24, 2.45) is 11.7 Å². The molecular formula is C10H24N4O2S. The average Bonchev–Trinajstić information content (AvgIpc) is 2.28. The van der Waals surface area contributed by atoms with Gasteiger partial charge in [0, 0.05) is 26.2 Å². The Morgan fingerprint density at radius 2 is 2.18 bits per heavy atom. The van der Waals surface area contributed by atoms with Crippen LogP contribution in [0.4, 0.5) is 0 Å². The van der Waals surface area contributed by atoms with Crippen LogP contribution in [-0.4, -0.2) is 64.4 Å². The van der Waals surface area contributed by atoms with Gasteiger partial charge in [-0.25, -0.2) is 4.72 Å². The lowest BCUT2D eigenvalue weighted by Gasteiger charge is -2.31. The van der Waals surface area contributed by atoms with Crippen molar-refractivity contribution in [3.63, 3.8) is 0 Å². The number of piperidine rings is 1. The van der Waals surface area contributed by atoms with Crippen LogP contribution < -0.4 is 10.5 Å². The summed E-state index contributed by atoms with van der Waals surface area (Å²) in [7, 11) is 0.512. The molecule has 1 fully saturated rings. The summed E-state index contributed by atoms with van der Waals surface area (Å²) >= 11 is 0. The summed E-state index contributed by atoms with van der Waals surface area (Å²) in [4.78, 5) is 1.95. The van der Waals surface area contributed by atoms with Gasteiger partial charge in [-0.15, -0.1) is 0 Å². The molecule has 1 rings (SSSR count). The lowest BCUT2D eigenvalue weighted by Crippen LogP contribution is -2.48. The van der Waals surface area contributed by atoms with Gasteiger partial charge in [-0.2, -0.15) is 12.7 Å². The fourth-order valence-electron chi connectivity index (χ4n) is 1.93. The van der Waals surface area contributed by atoms with Gasteiger partial charge in [0.25, 0.3) is 10.2 Å². The minimum atomic E-state index is -3.32. The van der Waals surface area contributed by atoms with Gasteiger partial charge in [-0.1, -0.05) is 0 Å². The minimum Gasteiger partial charge on any atom is -0.330 e. The first kappa shape index (κ1) is 14.8. The van der Waals surface area contributed by atoms with Gasteiger partial charge in [0.05, 0.1) is 0 Å². The Bertz CT molecular complexity index is 318. The topological polar surface area (TPSA) is 78.7 Å². The molecule has 0 radical (unpaired) electrons. The van der Waals surface area contributed by atoms with Crippen LogP contribution in [0.15, 0.2) is 0 Å². The zero-order chi connectivity index (χ0) is 12.9. The van der Waals surface area contributed by atoms with Crippen LogP contribution in [0.3, 0.4) is 0 Å². The van der Waals surface area contributed by atoms with Crippen molar-refractivity contribution in [1.82, 2.24) is 13.9 Å². The zero-order valence-electron chi connectivity index (χ0n) is 10.7. The Kier molecular flexibility index (Phi) is 5.81. The molecular weight excluding hydrogens is 240 g/mol. The van der Waals surface area contributed by atoms with E-state index in [0.717, 1.165) is 12.8 Å². The predicted octanol–water partition coefficient (Wildman–Crippen LogP) is -0.947. The molecule has 1 unspecified atom stereocenters. The number of hydrogen-bond donors (Lipinski definition) is 2. The molecule has 1 saturated heterocycles. The van der Waals surface area contributed by atoms with E-state index in [0.29, 0.717) is 38.6 Å². The molecule has 1 aliphatic heterocycles. The van der Waals surface area contributed by atoms with E-state index in [1.807, 2.05) is 19.0 Å². The first-order valence-electron chi connectivity index (χ1n) is 6.05. The van der Waals surface area contributed by atoms with Crippen molar-refractivity contribution in [3.05, 3.63) is 0 Å². The summed E-state index contributed by atoms with van der Waals surface area (Å²) < 4.78 is 28.1. The highest BCUT2D eigenvalue weighted by molar-refractivity contribution is 7.87. The monoisotopic (exact) mass is 264 g/mol. The van der Waals surface area contributed by atoms with Crippen molar-refractivity contribution < 1.29 is 8.42 Å². The van der Waals surface area contributed by atoms with Crippen LogP contribution in [0, 0.1) is 5.92 Å². The number of rotatable bonds is 6. The summed E-state index contributed by atoms with van der Waals surface area (Å²) in [6, 6.07) is 0. The largest absolute Gasteiger partial charge is 0.330 e. The molecule has 0 aromatic rings. The first-order valence-corrected chi connectivity index (χ1v) is 7.49. The van der Waals surface area contributed by atoms with Crippen LogP contribution in [0.25, 0.3) is 0 Å². The normalized spacial score (nSPS) is 23.2. The zero-order valence-corrected chi connectivity index (χ0v) is 11.5. The summed E-state index contributed by atoms with van der Waals surface area (Å²) in [6.45, 7) is 2.86. The van der Waals surface area contributed by atoms with Gasteiger partial charge < -0.3 is 10.6 Å². The van der Waals surface area contributed by atoms with E-state index in [9.17, 15) is 8.42 Å². The van der Waals surface area contributed by atoms with Crippen molar-refractivity contribution in [2.45, 2.75) is 12.8 Å². The molecule has 3 N–H and O–H groups in total. The molecule has 0 amide bonds. The highest BCUT2D eigenvalue weighted by atomic mass is 32.2. The molecule has 17 heavy (non-hydrogen) atoms. The number of nitrogens with two attached hydrogens (primary N) is 1. The lowest BCUT2D eigenvalue weighted by atomic mass is 10.0. The third-order valence-electron chi connectivity index (χ3n) is 3.00. The maximum atomic E-state index is 12.0. The van der Waals surface area contributed by atoms with Gasteiger partial charge in [-0.05, 0) is 39.4 Å². The average molecular weight is 264 g/mol. The summed E-state index contributed by atoms with van der Waals surface area (Å²) in [5.74, 6) is 0.300. The van der Waals surface area contributed by atoms with Crippen molar-refractivity contribution in [1.29, 1.82) is 0 Å². The van der Waals surface area contributed by atoms with Crippen LogP contribution >= 0.6 is 0 Å². The standard InChI is InChI=1S/C10H24N4O2S/c1-13(2)7-5-12-17(15,16)14-6-3-4-10(8-11)9-14/h10,12H,3-9,11H2,1-2H3. The minimum absolute atomic E-state index is 0.300.